The maximum atomic E-state index is 13.4. The summed E-state index contributed by atoms with van der Waals surface area (Å²) in [7, 11) is 0. The Balaban J connectivity index is 1.30. The minimum Gasteiger partial charge on any atom is -0.462 e. The van der Waals surface area contributed by atoms with Gasteiger partial charge in [0.1, 0.15) is 12.4 Å². The number of fused-ring (bicyclic) bond motifs is 2. The fraction of sp³-hybridized carbons (Fsp3) is 0.414. The number of hydrogen-bond donors (Lipinski definition) is 1. The Morgan fingerprint density at radius 1 is 1.18 bits per heavy atom. The molecule has 0 radical (unpaired) electrons. The second kappa shape index (κ2) is 11.1. The Morgan fingerprint density at radius 3 is 2.72 bits per heavy atom. The van der Waals surface area contributed by atoms with E-state index >= 15 is 0 Å². The molecule has 2 atom stereocenters. The largest absolute Gasteiger partial charge is 0.462 e. The van der Waals surface area contributed by atoms with Crippen LogP contribution >= 0.6 is 11.6 Å². The van der Waals surface area contributed by atoms with E-state index in [-0.39, 0.29) is 12.1 Å². The van der Waals surface area contributed by atoms with Crippen molar-refractivity contribution in [3.63, 3.8) is 0 Å². The first kappa shape index (κ1) is 26.0. The predicted octanol–water partition coefficient (Wildman–Crippen LogP) is 4.36. The number of rotatable bonds is 6. The van der Waals surface area contributed by atoms with E-state index in [4.69, 9.17) is 31.0 Å². The summed E-state index contributed by atoms with van der Waals surface area (Å²) in [5.41, 5.74) is 2.82. The van der Waals surface area contributed by atoms with E-state index in [0.29, 0.717) is 56.8 Å². The van der Waals surface area contributed by atoms with Crippen LogP contribution in [0.25, 0.3) is 10.8 Å². The van der Waals surface area contributed by atoms with Crippen molar-refractivity contribution in [2.75, 3.05) is 44.2 Å². The Hall–Kier alpha value is -3.27. The van der Waals surface area contributed by atoms with E-state index in [2.05, 4.69) is 22.9 Å². The summed E-state index contributed by atoms with van der Waals surface area (Å²) in [6.45, 7) is 6.74. The normalized spacial score (nSPS) is 21.2. The molecule has 0 spiro atoms. The quantitative estimate of drug-likeness (QED) is 0.456. The molecule has 6 rings (SSSR count). The number of benzene rings is 2. The molecule has 2 saturated heterocycles. The summed E-state index contributed by atoms with van der Waals surface area (Å²) in [5.74, 6) is -0.852. The number of nitrogens with zero attached hydrogens (tertiary/aromatic N) is 4. The van der Waals surface area contributed by atoms with Crippen LogP contribution in [0.15, 0.2) is 48.8 Å². The maximum Gasteiger partial charge on any atom is 0.318 e. The number of aromatic nitrogens is 2. The summed E-state index contributed by atoms with van der Waals surface area (Å²) in [5, 5.41) is 6.19. The third-order valence-corrected chi connectivity index (χ3v) is 8.08. The lowest BCUT2D eigenvalue weighted by atomic mass is 9.94. The average Bonchev–Trinajstić information content (AvgIpc) is 3.49. The van der Waals surface area contributed by atoms with Gasteiger partial charge in [-0.25, -0.2) is 4.39 Å². The lowest BCUT2D eigenvalue weighted by molar-refractivity contribution is -0.128. The van der Waals surface area contributed by atoms with Gasteiger partial charge >= 0.3 is 6.01 Å². The third kappa shape index (κ3) is 5.31. The van der Waals surface area contributed by atoms with Crippen LogP contribution in [0, 0.1) is 0 Å². The van der Waals surface area contributed by atoms with Crippen LogP contribution in [0.5, 0.6) is 6.01 Å². The number of anilines is 1. The van der Waals surface area contributed by atoms with Crippen LogP contribution in [0.4, 0.5) is 10.2 Å². The number of hydrogen-bond acceptors (Lipinski definition) is 7. The van der Waals surface area contributed by atoms with Crippen LogP contribution in [-0.2, 0) is 22.6 Å². The molecule has 2 unspecified atom stereocenters. The van der Waals surface area contributed by atoms with E-state index in [1.165, 1.54) is 4.90 Å². The standard InChI is InChI=1S/C29H31ClFN5O3/c1-18(31)28(37)36-13-11-35(12-14-36)27-22-17-38-25(21-8-2-5-19-6-3-9-23(30)26(19)21)15-24(22)33-29(34-27)39-16-20-7-4-10-32-20/h2-3,5-6,8-9,20,25,32H,1,4,7,10-17H2. The van der Waals surface area contributed by atoms with Crippen molar-refractivity contribution in [2.45, 2.75) is 38.0 Å². The van der Waals surface area contributed by atoms with E-state index in [9.17, 15) is 9.18 Å². The van der Waals surface area contributed by atoms with Gasteiger partial charge in [-0.1, -0.05) is 48.5 Å². The molecule has 39 heavy (non-hydrogen) atoms. The monoisotopic (exact) mass is 551 g/mol. The zero-order chi connectivity index (χ0) is 26.9. The number of carbonyl (C=O) groups is 1. The summed E-state index contributed by atoms with van der Waals surface area (Å²) in [4.78, 5) is 25.3. The minimum atomic E-state index is -0.938. The number of carbonyl (C=O) groups excluding carboxylic acids is 1. The van der Waals surface area contributed by atoms with Gasteiger partial charge in [0.05, 0.1) is 18.4 Å². The summed E-state index contributed by atoms with van der Waals surface area (Å²) in [6.07, 6.45) is 2.52. The first-order valence-electron chi connectivity index (χ1n) is 13.4. The first-order valence-corrected chi connectivity index (χ1v) is 13.8. The molecule has 4 heterocycles. The van der Waals surface area contributed by atoms with Gasteiger partial charge in [0.25, 0.3) is 5.91 Å². The van der Waals surface area contributed by atoms with Crippen molar-refractivity contribution in [3.8, 4) is 6.01 Å². The van der Waals surface area contributed by atoms with Gasteiger partial charge in [0.15, 0.2) is 5.83 Å². The second-order valence-corrected chi connectivity index (χ2v) is 10.6. The van der Waals surface area contributed by atoms with Crippen molar-refractivity contribution >= 4 is 34.1 Å². The fourth-order valence-electron chi connectivity index (χ4n) is 5.71. The molecule has 2 fully saturated rings. The van der Waals surface area contributed by atoms with Gasteiger partial charge in [-0.15, -0.1) is 0 Å². The summed E-state index contributed by atoms with van der Waals surface area (Å²) in [6, 6.07) is 12.6. The lowest BCUT2D eigenvalue weighted by Gasteiger charge is -2.37. The minimum absolute atomic E-state index is 0.224. The van der Waals surface area contributed by atoms with Gasteiger partial charge < -0.3 is 24.6 Å². The number of halogens is 2. The van der Waals surface area contributed by atoms with Crippen LogP contribution < -0.4 is 15.0 Å². The second-order valence-electron chi connectivity index (χ2n) is 10.2. The van der Waals surface area contributed by atoms with Crippen LogP contribution in [0.1, 0.15) is 35.8 Å². The van der Waals surface area contributed by atoms with Crippen LogP contribution in [0.2, 0.25) is 5.02 Å². The molecule has 10 heteroatoms. The van der Waals surface area contributed by atoms with Gasteiger partial charge in [-0.05, 0) is 36.4 Å². The predicted molar refractivity (Wildman–Crippen MR) is 148 cm³/mol. The maximum absolute atomic E-state index is 13.4. The Labute approximate surface area is 231 Å². The van der Waals surface area contributed by atoms with Gasteiger partial charge in [-0.3, -0.25) is 4.79 Å². The van der Waals surface area contributed by atoms with Gasteiger partial charge in [0, 0.05) is 54.6 Å². The lowest BCUT2D eigenvalue weighted by Crippen LogP contribution is -2.49. The molecular formula is C29H31ClFN5O3. The van der Waals surface area contributed by atoms with E-state index in [1.54, 1.807) is 0 Å². The molecule has 204 valence electrons. The molecular weight excluding hydrogens is 521 g/mol. The van der Waals surface area contributed by atoms with Crippen molar-refractivity contribution in [1.82, 2.24) is 20.2 Å². The molecule has 1 aromatic heterocycles. The van der Waals surface area contributed by atoms with E-state index in [1.807, 2.05) is 30.3 Å². The SMILES string of the molecule is C=C(F)C(=O)N1CCN(c2nc(OCC3CCCN3)nc3c2COC(c2cccc4cccc(Cl)c24)C3)CC1. The highest BCUT2D eigenvalue weighted by Gasteiger charge is 2.31. The van der Waals surface area contributed by atoms with Gasteiger partial charge in [-0.2, -0.15) is 9.97 Å². The van der Waals surface area contributed by atoms with E-state index in [0.717, 1.165) is 52.8 Å². The highest BCUT2D eigenvalue weighted by molar-refractivity contribution is 6.35. The van der Waals surface area contributed by atoms with Crippen molar-refractivity contribution in [1.29, 1.82) is 0 Å². The molecule has 3 aromatic rings. The Kier molecular flexibility index (Phi) is 7.38. The Bertz CT molecular complexity index is 1400. The summed E-state index contributed by atoms with van der Waals surface area (Å²) >= 11 is 6.62. The van der Waals surface area contributed by atoms with Crippen LogP contribution in [0.3, 0.4) is 0 Å². The number of piperazine rings is 1. The third-order valence-electron chi connectivity index (χ3n) is 7.77. The highest BCUT2D eigenvalue weighted by Crippen LogP contribution is 2.39. The topological polar surface area (TPSA) is 79.8 Å². The van der Waals surface area contributed by atoms with Crippen molar-refractivity contribution in [3.05, 3.63) is 70.6 Å². The molecule has 1 amide bonds. The van der Waals surface area contributed by atoms with E-state index < -0.39 is 11.7 Å². The van der Waals surface area contributed by atoms with Crippen molar-refractivity contribution in [2.24, 2.45) is 0 Å². The number of amides is 1. The number of nitrogens with one attached hydrogen (secondary N) is 1. The first-order chi connectivity index (χ1) is 19.0. The molecule has 0 aliphatic carbocycles. The Morgan fingerprint density at radius 2 is 1.97 bits per heavy atom. The fourth-order valence-corrected chi connectivity index (χ4v) is 6.01. The smallest absolute Gasteiger partial charge is 0.318 e. The average molecular weight is 552 g/mol. The van der Waals surface area contributed by atoms with Crippen molar-refractivity contribution < 1.29 is 18.7 Å². The molecule has 2 aromatic carbocycles. The zero-order valence-electron chi connectivity index (χ0n) is 21.7. The molecule has 3 aliphatic heterocycles. The molecule has 3 aliphatic rings. The molecule has 0 bridgehead atoms. The molecule has 1 N–H and O–H groups in total. The zero-order valence-corrected chi connectivity index (χ0v) is 22.4. The van der Waals surface area contributed by atoms with Gasteiger partial charge in [0.2, 0.25) is 0 Å². The molecule has 8 nitrogen and oxygen atoms in total. The molecule has 0 saturated carbocycles. The highest BCUT2D eigenvalue weighted by atomic mass is 35.5. The van der Waals surface area contributed by atoms with Crippen LogP contribution in [-0.4, -0.2) is 66.1 Å². The summed E-state index contributed by atoms with van der Waals surface area (Å²) < 4.78 is 25.9. The number of ether oxygens (including phenoxy) is 2.